The van der Waals surface area contributed by atoms with Crippen molar-refractivity contribution in [3.05, 3.63) is 59.1 Å². The van der Waals surface area contributed by atoms with E-state index in [9.17, 15) is 9.59 Å². The Kier molecular flexibility index (Phi) is 4.32. The van der Waals surface area contributed by atoms with E-state index in [1.54, 1.807) is 21.9 Å². The van der Waals surface area contributed by atoms with E-state index >= 15 is 0 Å². The van der Waals surface area contributed by atoms with E-state index in [2.05, 4.69) is 11.4 Å². The third-order valence-electron chi connectivity index (χ3n) is 5.02. The van der Waals surface area contributed by atoms with Gasteiger partial charge in [0.1, 0.15) is 0 Å². The van der Waals surface area contributed by atoms with Crippen LogP contribution in [0.15, 0.2) is 48.5 Å². The number of benzene rings is 2. The molecule has 2 atom stereocenters. The van der Waals surface area contributed by atoms with Crippen molar-refractivity contribution in [2.24, 2.45) is 0 Å². The molecule has 0 aliphatic carbocycles. The summed E-state index contributed by atoms with van der Waals surface area (Å²) < 4.78 is 0. The predicted octanol–water partition coefficient (Wildman–Crippen LogP) is 3.61. The quantitative estimate of drug-likeness (QED) is 0.879. The first kappa shape index (κ1) is 16.9. The monoisotopic (exact) mass is 369 g/mol. The van der Waals surface area contributed by atoms with Crippen molar-refractivity contribution < 1.29 is 9.59 Å². The molecule has 0 saturated carbocycles. The SMILES string of the molecule is C[C@@H]1Cc2ccccc2N1C(=O)N[C@@H]1CC(=O)N(c2ccc(Cl)cc2)C1. The fourth-order valence-electron chi connectivity index (χ4n) is 3.79. The number of nitrogens with one attached hydrogen (secondary N) is 1. The zero-order valence-electron chi connectivity index (χ0n) is 14.5. The smallest absolute Gasteiger partial charge is 0.322 e. The van der Waals surface area contributed by atoms with Gasteiger partial charge in [-0.3, -0.25) is 9.69 Å². The largest absolute Gasteiger partial charge is 0.333 e. The highest BCUT2D eigenvalue weighted by atomic mass is 35.5. The molecule has 26 heavy (non-hydrogen) atoms. The van der Waals surface area contributed by atoms with Gasteiger partial charge in [-0.25, -0.2) is 4.79 Å². The number of hydrogen-bond acceptors (Lipinski definition) is 2. The Morgan fingerprint density at radius 2 is 1.85 bits per heavy atom. The van der Waals surface area contributed by atoms with Crippen LogP contribution in [-0.4, -0.2) is 30.6 Å². The molecule has 2 aliphatic rings. The van der Waals surface area contributed by atoms with Crippen LogP contribution in [-0.2, 0) is 11.2 Å². The number of para-hydroxylation sites is 1. The third-order valence-corrected chi connectivity index (χ3v) is 5.27. The number of hydrogen-bond donors (Lipinski definition) is 1. The number of urea groups is 1. The Balaban J connectivity index is 1.46. The summed E-state index contributed by atoms with van der Waals surface area (Å²) >= 11 is 5.91. The highest BCUT2D eigenvalue weighted by Gasteiger charge is 2.35. The minimum Gasteiger partial charge on any atom is -0.333 e. The van der Waals surface area contributed by atoms with Gasteiger partial charge < -0.3 is 10.2 Å². The number of rotatable bonds is 2. The molecular weight excluding hydrogens is 350 g/mol. The standard InChI is InChI=1S/C20H20ClN3O2/c1-13-10-14-4-2-3-5-18(14)24(13)20(26)22-16-11-19(25)23(12-16)17-8-6-15(21)7-9-17/h2-9,13,16H,10-12H2,1H3,(H,22,26)/t13-,16-/m1/s1. The third kappa shape index (κ3) is 3.03. The summed E-state index contributed by atoms with van der Waals surface area (Å²) in [5.74, 6) is 0.00694. The van der Waals surface area contributed by atoms with E-state index in [4.69, 9.17) is 11.6 Å². The number of fused-ring (bicyclic) bond motifs is 1. The number of anilines is 2. The number of nitrogens with zero attached hydrogens (tertiary/aromatic N) is 2. The molecule has 1 saturated heterocycles. The fraction of sp³-hybridized carbons (Fsp3) is 0.300. The lowest BCUT2D eigenvalue weighted by atomic mass is 10.1. The van der Waals surface area contributed by atoms with Crippen molar-refractivity contribution >= 4 is 34.9 Å². The van der Waals surface area contributed by atoms with Gasteiger partial charge in [-0.15, -0.1) is 0 Å². The van der Waals surface area contributed by atoms with Crippen LogP contribution in [0.4, 0.5) is 16.2 Å². The van der Waals surface area contributed by atoms with Crippen molar-refractivity contribution in [1.82, 2.24) is 5.32 Å². The first-order chi connectivity index (χ1) is 12.5. The Bertz CT molecular complexity index is 852. The molecule has 2 aromatic rings. The Hall–Kier alpha value is -2.53. The highest BCUT2D eigenvalue weighted by molar-refractivity contribution is 6.30. The van der Waals surface area contributed by atoms with E-state index in [1.165, 1.54) is 5.56 Å². The molecule has 6 heteroatoms. The van der Waals surface area contributed by atoms with Crippen LogP contribution in [0.5, 0.6) is 0 Å². The van der Waals surface area contributed by atoms with Gasteiger partial charge >= 0.3 is 6.03 Å². The van der Waals surface area contributed by atoms with Gasteiger partial charge in [-0.2, -0.15) is 0 Å². The normalized spacial score (nSPS) is 21.8. The molecule has 3 amide bonds. The van der Waals surface area contributed by atoms with Crippen LogP contribution in [0.2, 0.25) is 5.02 Å². The van der Waals surface area contributed by atoms with Gasteiger partial charge in [0.15, 0.2) is 0 Å². The predicted molar refractivity (Wildman–Crippen MR) is 103 cm³/mol. The Labute approximate surface area is 157 Å². The summed E-state index contributed by atoms with van der Waals surface area (Å²) in [6.45, 7) is 2.51. The van der Waals surface area contributed by atoms with Crippen LogP contribution in [0.1, 0.15) is 18.9 Å². The lowest BCUT2D eigenvalue weighted by Crippen LogP contribution is -2.48. The minimum absolute atomic E-state index is 0.00694. The zero-order chi connectivity index (χ0) is 18.3. The lowest BCUT2D eigenvalue weighted by Gasteiger charge is -2.25. The van der Waals surface area contributed by atoms with E-state index in [0.717, 1.165) is 17.8 Å². The number of carbonyl (C=O) groups excluding carboxylic acids is 2. The molecule has 0 spiro atoms. The second-order valence-electron chi connectivity index (χ2n) is 6.88. The van der Waals surface area contributed by atoms with E-state index in [0.29, 0.717) is 18.0 Å². The zero-order valence-corrected chi connectivity index (χ0v) is 15.2. The van der Waals surface area contributed by atoms with Crippen molar-refractivity contribution in [3.8, 4) is 0 Å². The molecule has 0 radical (unpaired) electrons. The van der Waals surface area contributed by atoms with E-state index in [1.807, 2.05) is 37.3 Å². The van der Waals surface area contributed by atoms with Gasteiger partial charge in [-0.1, -0.05) is 29.8 Å². The topological polar surface area (TPSA) is 52.7 Å². The maximum Gasteiger partial charge on any atom is 0.322 e. The van der Waals surface area contributed by atoms with Crippen LogP contribution < -0.4 is 15.1 Å². The van der Waals surface area contributed by atoms with Crippen LogP contribution in [0.3, 0.4) is 0 Å². The molecule has 134 valence electrons. The molecule has 5 nitrogen and oxygen atoms in total. The summed E-state index contributed by atoms with van der Waals surface area (Å²) in [6.07, 6.45) is 1.16. The molecule has 0 aromatic heterocycles. The van der Waals surface area contributed by atoms with Crippen LogP contribution >= 0.6 is 11.6 Å². The Morgan fingerprint density at radius 3 is 2.62 bits per heavy atom. The van der Waals surface area contributed by atoms with E-state index < -0.39 is 0 Å². The summed E-state index contributed by atoms with van der Waals surface area (Å²) in [5.41, 5.74) is 2.94. The molecule has 0 unspecified atom stereocenters. The summed E-state index contributed by atoms with van der Waals surface area (Å²) in [5, 5.41) is 3.66. The molecule has 0 bridgehead atoms. The lowest BCUT2D eigenvalue weighted by molar-refractivity contribution is -0.117. The van der Waals surface area contributed by atoms with E-state index in [-0.39, 0.29) is 24.0 Å². The summed E-state index contributed by atoms with van der Waals surface area (Å²) in [6, 6.07) is 14.9. The average Bonchev–Trinajstić information content (AvgIpc) is 3.14. The first-order valence-electron chi connectivity index (χ1n) is 8.76. The summed E-state index contributed by atoms with van der Waals surface area (Å²) in [4.78, 5) is 28.7. The number of halogens is 1. The molecule has 2 heterocycles. The molecule has 4 rings (SSSR count). The van der Waals surface area contributed by atoms with Crippen LogP contribution in [0, 0.1) is 0 Å². The van der Waals surface area contributed by atoms with Crippen molar-refractivity contribution in [2.45, 2.75) is 31.8 Å². The van der Waals surface area contributed by atoms with Gasteiger partial charge in [-0.05, 0) is 49.2 Å². The van der Waals surface area contributed by atoms with Crippen molar-refractivity contribution in [3.63, 3.8) is 0 Å². The maximum atomic E-state index is 12.8. The van der Waals surface area contributed by atoms with Crippen molar-refractivity contribution in [2.75, 3.05) is 16.3 Å². The second kappa shape index (κ2) is 6.65. The number of amides is 3. The second-order valence-corrected chi connectivity index (χ2v) is 7.32. The number of carbonyl (C=O) groups is 2. The van der Waals surface area contributed by atoms with Gasteiger partial charge in [0.25, 0.3) is 0 Å². The maximum absolute atomic E-state index is 12.8. The van der Waals surface area contributed by atoms with Crippen molar-refractivity contribution in [1.29, 1.82) is 0 Å². The molecule has 1 fully saturated rings. The molecule has 2 aromatic carbocycles. The van der Waals surface area contributed by atoms with Gasteiger partial charge in [0.05, 0.1) is 6.04 Å². The first-order valence-corrected chi connectivity index (χ1v) is 9.14. The Morgan fingerprint density at radius 1 is 1.12 bits per heavy atom. The molecular formula is C20H20ClN3O2. The molecule has 2 aliphatic heterocycles. The minimum atomic E-state index is -0.203. The summed E-state index contributed by atoms with van der Waals surface area (Å²) in [7, 11) is 0. The van der Waals surface area contributed by atoms with Crippen LogP contribution in [0.25, 0.3) is 0 Å². The molecule has 1 N–H and O–H groups in total. The van der Waals surface area contributed by atoms with Gasteiger partial charge in [0, 0.05) is 35.4 Å². The van der Waals surface area contributed by atoms with Gasteiger partial charge in [0.2, 0.25) is 5.91 Å². The average molecular weight is 370 g/mol. The fourth-order valence-corrected chi connectivity index (χ4v) is 3.92. The highest BCUT2D eigenvalue weighted by Crippen LogP contribution is 2.32.